The van der Waals surface area contributed by atoms with Crippen LogP contribution in [0.1, 0.15) is 5.69 Å². The highest BCUT2D eigenvalue weighted by Gasteiger charge is 2.12. The molecule has 0 saturated heterocycles. The Morgan fingerprint density at radius 3 is 2.89 bits per heavy atom. The smallest absolute Gasteiger partial charge is 0.183 e. The van der Waals surface area contributed by atoms with Crippen molar-refractivity contribution in [3.8, 4) is 11.1 Å². The topological polar surface area (TPSA) is 67.6 Å². The molecule has 2 heterocycles. The maximum Gasteiger partial charge on any atom is 0.183 e. The number of hydrogen-bond acceptors (Lipinski definition) is 3. The molecular formula is C13H11ClN4. The van der Waals surface area contributed by atoms with Crippen molar-refractivity contribution in [2.24, 2.45) is 0 Å². The molecule has 0 bridgehead atoms. The Bertz CT molecular complexity index is 733. The summed E-state index contributed by atoms with van der Waals surface area (Å²) in [4.78, 5) is 4.35. The minimum Gasteiger partial charge on any atom is -0.383 e. The van der Waals surface area contributed by atoms with Gasteiger partial charge in [0, 0.05) is 10.7 Å². The highest BCUT2D eigenvalue weighted by atomic mass is 35.5. The van der Waals surface area contributed by atoms with Gasteiger partial charge >= 0.3 is 0 Å². The minimum absolute atomic E-state index is 0.521. The van der Waals surface area contributed by atoms with E-state index in [1.54, 1.807) is 0 Å². The van der Waals surface area contributed by atoms with Gasteiger partial charge in [-0.15, -0.1) is 0 Å². The van der Waals surface area contributed by atoms with Crippen LogP contribution in [0.15, 0.2) is 30.3 Å². The van der Waals surface area contributed by atoms with E-state index < -0.39 is 0 Å². The third-order valence-electron chi connectivity index (χ3n) is 2.82. The number of anilines is 1. The first-order valence-electron chi connectivity index (χ1n) is 5.52. The lowest BCUT2D eigenvalue weighted by molar-refractivity contribution is 1.09. The van der Waals surface area contributed by atoms with E-state index in [1.807, 2.05) is 37.3 Å². The molecular weight excluding hydrogens is 248 g/mol. The van der Waals surface area contributed by atoms with Crippen LogP contribution < -0.4 is 5.73 Å². The molecule has 2 aromatic heterocycles. The standard InChI is InChI=1S/C13H11ClN4/c1-7-5-10(8-3-2-4-9(14)6-8)11-12(15)17-18-13(11)16-7/h2-6H,1H3,(H3,15,16,17,18). The molecule has 0 atom stereocenters. The number of fused-ring (bicyclic) bond motifs is 1. The van der Waals surface area contributed by atoms with Gasteiger partial charge in [0.1, 0.15) is 5.82 Å². The molecule has 0 spiro atoms. The molecule has 5 heteroatoms. The third-order valence-corrected chi connectivity index (χ3v) is 3.05. The summed E-state index contributed by atoms with van der Waals surface area (Å²) >= 11 is 6.03. The van der Waals surface area contributed by atoms with Gasteiger partial charge < -0.3 is 5.73 Å². The van der Waals surface area contributed by atoms with Gasteiger partial charge in [-0.3, -0.25) is 5.10 Å². The maximum atomic E-state index is 6.03. The Kier molecular flexibility index (Phi) is 2.45. The number of hydrogen-bond donors (Lipinski definition) is 2. The Morgan fingerprint density at radius 2 is 2.11 bits per heavy atom. The Balaban J connectivity index is 2.37. The first-order chi connectivity index (χ1) is 8.65. The van der Waals surface area contributed by atoms with Crippen LogP contribution in [0.3, 0.4) is 0 Å². The average molecular weight is 259 g/mol. The zero-order valence-corrected chi connectivity index (χ0v) is 10.5. The summed E-state index contributed by atoms with van der Waals surface area (Å²) in [5.41, 5.74) is 9.43. The molecule has 90 valence electrons. The zero-order valence-electron chi connectivity index (χ0n) is 9.74. The van der Waals surface area contributed by atoms with Gasteiger partial charge in [-0.05, 0) is 36.2 Å². The van der Waals surface area contributed by atoms with E-state index in [4.69, 9.17) is 17.3 Å². The summed E-state index contributed by atoms with van der Waals surface area (Å²) in [6.45, 7) is 1.93. The highest BCUT2D eigenvalue weighted by molar-refractivity contribution is 6.30. The van der Waals surface area contributed by atoms with E-state index in [2.05, 4.69) is 15.2 Å². The summed E-state index contributed by atoms with van der Waals surface area (Å²) < 4.78 is 0. The van der Waals surface area contributed by atoms with E-state index in [9.17, 15) is 0 Å². The number of benzene rings is 1. The van der Waals surface area contributed by atoms with Crippen LogP contribution in [0.4, 0.5) is 5.82 Å². The van der Waals surface area contributed by atoms with E-state index in [0.717, 1.165) is 22.2 Å². The number of H-pyrrole nitrogens is 1. The van der Waals surface area contributed by atoms with Crippen LogP contribution >= 0.6 is 11.6 Å². The van der Waals surface area contributed by atoms with Gasteiger partial charge in [-0.25, -0.2) is 4.98 Å². The lowest BCUT2D eigenvalue weighted by Gasteiger charge is -2.05. The third kappa shape index (κ3) is 1.71. The number of aromatic nitrogens is 3. The molecule has 4 nitrogen and oxygen atoms in total. The number of nitrogen functional groups attached to an aromatic ring is 1. The molecule has 1 aromatic carbocycles. The average Bonchev–Trinajstić information content (AvgIpc) is 2.70. The normalized spacial score (nSPS) is 11.0. The lowest BCUT2D eigenvalue weighted by atomic mass is 10.0. The number of nitrogens with one attached hydrogen (secondary N) is 1. The second-order valence-electron chi connectivity index (χ2n) is 4.16. The summed E-state index contributed by atoms with van der Waals surface area (Å²) in [5, 5.41) is 8.38. The van der Waals surface area contributed by atoms with Crippen LogP contribution in [0.2, 0.25) is 5.02 Å². The number of aryl methyl sites for hydroxylation is 1. The number of nitrogens with zero attached hydrogens (tertiary/aromatic N) is 2. The van der Waals surface area contributed by atoms with Crippen molar-refractivity contribution in [1.82, 2.24) is 15.2 Å². The molecule has 0 amide bonds. The van der Waals surface area contributed by atoms with Crippen molar-refractivity contribution in [3.05, 3.63) is 41.0 Å². The van der Waals surface area contributed by atoms with Crippen molar-refractivity contribution in [2.75, 3.05) is 5.73 Å². The molecule has 0 saturated carbocycles. The van der Waals surface area contributed by atoms with Crippen molar-refractivity contribution in [1.29, 1.82) is 0 Å². The molecule has 18 heavy (non-hydrogen) atoms. The monoisotopic (exact) mass is 258 g/mol. The van der Waals surface area contributed by atoms with Gasteiger partial charge in [-0.1, -0.05) is 23.7 Å². The number of aromatic amines is 1. The van der Waals surface area contributed by atoms with Crippen molar-refractivity contribution < 1.29 is 0 Å². The van der Waals surface area contributed by atoms with Gasteiger partial charge in [0.05, 0.1) is 5.39 Å². The summed E-state index contributed by atoms with van der Waals surface area (Å²) in [6.07, 6.45) is 0. The molecule has 0 radical (unpaired) electrons. The molecule has 0 aliphatic heterocycles. The second kappa shape index (κ2) is 3.99. The summed E-state index contributed by atoms with van der Waals surface area (Å²) in [7, 11) is 0. The molecule has 0 fully saturated rings. The molecule has 0 aliphatic carbocycles. The maximum absolute atomic E-state index is 6.03. The van der Waals surface area contributed by atoms with Crippen molar-refractivity contribution in [3.63, 3.8) is 0 Å². The molecule has 3 rings (SSSR count). The van der Waals surface area contributed by atoms with Crippen LogP contribution in [-0.4, -0.2) is 15.2 Å². The fourth-order valence-electron chi connectivity index (χ4n) is 2.06. The van der Waals surface area contributed by atoms with E-state index in [0.29, 0.717) is 16.5 Å². The van der Waals surface area contributed by atoms with Crippen LogP contribution in [0, 0.1) is 6.92 Å². The van der Waals surface area contributed by atoms with Gasteiger partial charge in [0.2, 0.25) is 0 Å². The quantitative estimate of drug-likeness (QED) is 0.704. The van der Waals surface area contributed by atoms with Crippen LogP contribution in [0.5, 0.6) is 0 Å². The number of pyridine rings is 1. The Morgan fingerprint density at radius 1 is 1.28 bits per heavy atom. The zero-order chi connectivity index (χ0) is 12.7. The number of nitrogens with two attached hydrogens (primary N) is 1. The molecule has 3 aromatic rings. The fraction of sp³-hybridized carbons (Fsp3) is 0.0769. The summed E-state index contributed by atoms with van der Waals surface area (Å²) in [6, 6.07) is 9.64. The van der Waals surface area contributed by atoms with Crippen LogP contribution in [-0.2, 0) is 0 Å². The van der Waals surface area contributed by atoms with Gasteiger partial charge in [0.25, 0.3) is 0 Å². The highest BCUT2D eigenvalue weighted by Crippen LogP contribution is 2.32. The van der Waals surface area contributed by atoms with Crippen molar-refractivity contribution >= 4 is 28.5 Å². The lowest BCUT2D eigenvalue weighted by Crippen LogP contribution is -1.90. The van der Waals surface area contributed by atoms with E-state index >= 15 is 0 Å². The largest absolute Gasteiger partial charge is 0.383 e. The predicted molar refractivity (Wildman–Crippen MR) is 73.5 cm³/mol. The molecule has 0 unspecified atom stereocenters. The van der Waals surface area contributed by atoms with E-state index in [-0.39, 0.29) is 0 Å². The number of rotatable bonds is 1. The van der Waals surface area contributed by atoms with Crippen LogP contribution in [0.25, 0.3) is 22.2 Å². The van der Waals surface area contributed by atoms with Gasteiger partial charge in [0.15, 0.2) is 5.65 Å². The first kappa shape index (κ1) is 11.0. The second-order valence-corrected chi connectivity index (χ2v) is 4.59. The van der Waals surface area contributed by atoms with Gasteiger partial charge in [-0.2, -0.15) is 5.10 Å². The minimum atomic E-state index is 0.521. The van der Waals surface area contributed by atoms with Crippen molar-refractivity contribution in [2.45, 2.75) is 6.92 Å². The molecule has 3 N–H and O–H groups in total. The summed E-state index contributed by atoms with van der Waals surface area (Å²) in [5.74, 6) is 0.521. The Labute approximate surface area is 109 Å². The number of halogens is 1. The van der Waals surface area contributed by atoms with E-state index in [1.165, 1.54) is 0 Å². The predicted octanol–water partition coefficient (Wildman–Crippen LogP) is 3.17. The first-order valence-corrected chi connectivity index (χ1v) is 5.90. The fourth-order valence-corrected chi connectivity index (χ4v) is 2.25. The SMILES string of the molecule is Cc1cc(-c2cccc(Cl)c2)c2c(N)[nH]nc2n1. The molecule has 0 aliphatic rings. The Hall–Kier alpha value is -2.07.